The molecule has 0 bridgehead atoms. The zero-order valence-electron chi connectivity index (χ0n) is 25.8. The van der Waals surface area contributed by atoms with Crippen LogP contribution in [0.1, 0.15) is 69.6 Å². The molecule has 2 aromatic carbocycles. The number of alkyl halides is 3. The summed E-state index contributed by atoms with van der Waals surface area (Å²) in [4.78, 5) is 31.9. The van der Waals surface area contributed by atoms with Crippen LogP contribution in [0.4, 0.5) is 18.9 Å². The molecule has 2 aromatic heterocycles. The van der Waals surface area contributed by atoms with Gasteiger partial charge in [-0.2, -0.15) is 13.2 Å². The first-order chi connectivity index (χ1) is 22.4. The van der Waals surface area contributed by atoms with Crippen molar-refractivity contribution in [2.45, 2.75) is 52.3 Å². The lowest BCUT2D eigenvalue weighted by atomic mass is 9.99. The highest BCUT2D eigenvalue weighted by Crippen LogP contribution is 2.39. The highest BCUT2D eigenvalue weighted by atomic mass is 35.5. The number of hydrogen-bond donors (Lipinski definition) is 3. The minimum Gasteiger partial charge on any atom is -0.356 e. The first kappa shape index (κ1) is 33.8. The maximum absolute atomic E-state index is 13.3. The second-order valence-electron chi connectivity index (χ2n) is 10.9. The number of amides is 2. The fourth-order valence-electron chi connectivity index (χ4n) is 5.20. The number of aromatic nitrogens is 3. The molecule has 0 saturated heterocycles. The second-order valence-corrected chi connectivity index (χ2v) is 12.5. The van der Waals surface area contributed by atoms with Crippen LogP contribution in [0, 0.1) is 32.6 Å². The van der Waals surface area contributed by atoms with Crippen LogP contribution in [0.2, 0.25) is 5.02 Å². The molecule has 4 N–H and O–H groups in total. The lowest BCUT2D eigenvalue weighted by Crippen LogP contribution is -2.27. The number of anilines is 1. The molecule has 47 heavy (non-hydrogen) atoms. The topological polar surface area (TPSA) is 127 Å². The zero-order chi connectivity index (χ0) is 33.9. The average molecular weight is 682 g/mol. The second kappa shape index (κ2) is 14.1. The number of carbonyl (C=O) groups excluding carboxylic acids is 2. The Kier molecular flexibility index (Phi) is 10.1. The molecular weight excluding hydrogens is 651 g/mol. The number of carbonyl (C=O) groups is 2. The van der Waals surface area contributed by atoms with E-state index in [1.807, 2.05) is 30.5 Å². The van der Waals surface area contributed by atoms with Gasteiger partial charge in [-0.25, -0.2) is 0 Å². The summed E-state index contributed by atoms with van der Waals surface area (Å²) in [5, 5.41) is 15.7. The molecular formula is C33H31ClF3N7O2S. The minimum atomic E-state index is -4.60. The SMILES string of the molecule is Cc1sc2c(c1C)C(c1ccc(Cl)cc1)=N[C@@H](CC(=O)NCCCC(=O)Nc1ccc(C(F)(F)F)c(C#CCN)c1)c1nnc(C)n1-2. The average Bonchev–Trinajstić information content (AvgIpc) is 3.50. The number of halogens is 4. The van der Waals surface area contributed by atoms with Crippen LogP contribution in [-0.2, 0) is 15.8 Å². The van der Waals surface area contributed by atoms with E-state index in [1.165, 1.54) is 12.1 Å². The molecule has 1 atom stereocenters. The molecule has 0 unspecified atom stereocenters. The molecule has 0 saturated carbocycles. The Balaban J connectivity index is 1.26. The largest absolute Gasteiger partial charge is 0.417 e. The Morgan fingerprint density at radius 3 is 2.53 bits per heavy atom. The number of nitrogens with one attached hydrogen (secondary N) is 2. The minimum absolute atomic E-state index is 0.00738. The third-order valence-electron chi connectivity index (χ3n) is 7.57. The van der Waals surface area contributed by atoms with Crippen molar-refractivity contribution in [3.63, 3.8) is 0 Å². The van der Waals surface area contributed by atoms with Crippen LogP contribution in [0.3, 0.4) is 0 Å². The summed E-state index contributed by atoms with van der Waals surface area (Å²) in [7, 11) is 0. The molecule has 244 valence electrons. The number of benzene rings is 2. The van der Waals surface area contributed by atoms with Crippen LogP contribution in [0.15, 0.2) is 47.5 Å². The number of nitrogens with two attached hydrogens (primary N) is 1. The number of fused-ring (bicyclic) bond motifs is 3. The molecule has 0 aliphatic carbocycles. The van der Waals surface area contributed by atoms with Gasteiger partial charge in [0.05, 0.1) is 24.2 Å². The van der Waals surface area contributed by atoms with Crippen LogP contribution >= 0.6 is 22.9 Å². The van der Waals surface area contributed by atoms with Crippen molar-refractivity contribution in [1.82, 2.24) is 20.1 Å². The smallest absolute Gasteiger partial charge is 0.356 e. The van der Waals surface area contributed by atoms with Gasteiger partial charge in [-0.15, -0.1) is 21.5 Å². The molecule has 0 fully saturated rings. The summed E-state index contributed by atoms with van der Waals surface area (Å²) in [6.45, 7) is 6.05. The normalized spacial score (nSPS) is 13.9. The summed E-state index contributed by atoms with van der Waals surface area (Å²) in [6, 6.07) is 9.97. The number of nitrogens with zero attached hydrogens (tertiary/aromatic N) is 4. The van der Waals surface area contributed by atoms with Gasteiger partial charge in [0, 0.05) is 45.2 Å². The third-order valence-corrected chi connectivity index (χ3v) is 9.02. The predicted molar refractivity (Wildman–Crippen MR) is 176 cm³/mol. The highest BCUT2D eigenvalue weighted by molar-refractivity contribution is 7.15. The summed E-state index contributed by atoms with van der Waals surface area (Å²) >= 11 is 7.79. The first-order valence-electron chi connectivity index (χ1n) is 14.7. The Labute approximate surface area is 278 Å². The van der Waals surface area contributed by atoms with E-state index in [1.54, 1.807) is 23.5 Å². The lowest BCUT2D eigenvalue weighted by Gasteiger charge is -2.13. The van der Waals surface area contributed by atoms with Crippen molar-refractivity contribution < 1.29 is 22.8 Å². The van der Waals surface area contributed by atoms with Gasteiger partial charge < -0.3 is 16.4 Å². The molecule has 14 heteroatoms. The summed E-state index contributed by atoms with van der Waals surface area (Å²) in [5.41, 5.74) is 7.93. The van der Waals surface area contributed by atoms with E-state index >= 15 is 0 Å². The van der Waals surface area contributed by atoms with Crippen LogP contribution in [0.5, 0.6) is 0 Å². The maximum Gasteiger partial charge on any atom is 0.417 e. The van der Waals surface area contributed by atoms with Gasteiger partial charge in [-0.05, 0) is 63.1 Å². The quantitative estimate of drug-likeness (QED) is 0.154. The van der Waals surface area contributed by atoms with Gasteiger partial charge in [0.2, 0.25) is 11.8 Å². The number of aliphatic imine (C=N–C) groups is 1. The van der Waals surface area contributed by atoms with Crippen LogP contribution in [-0.4, -0.2) is 45.4 Å². The maximum atomic E-state index is 13.3. The van der Waals surface area contributed by atoms with E-state index in [0.29, 0.717) is 23.1 Å². The van der Waals surface area contributed by atoms with Crippen molar-refractivity contribution in [2.75, 3.05) is 18.4 Å². The van der Waals surface area contributed by atoms with E-state index in [4.69, 9.17) is 22.3 Å². The van der Waals surface area contributed by atoms with E-state index < -0.39 is 23.7 Å². The number of hydrogen-bond acceptors (Lipinski definition) is 7. The Bertz CT molecular complexity index is 1920. The van der Waals surface area contributed by atoms with Crippen molar-refractivity contribution in [2.24, 2.45) is 10.7 Å². The van der Waals surface area contributed by atoms with E-state index in [0.717, 1.165) is 38.3 Å². The monoisotopic (exact) mass is 681 g/mol. The van der Waals surface area contributed by atoms with Gasteiger partial charge in [-0.1, -0.05) is 35.6 Å². The molecule has 1 aliphatic heterocycles. The van der Waals surface area contributed by atoms with Gasteiger partial charge in [-0.3, -0.25) is 19.1 Å². The fraction of sp³-hybridized carbons (Fsp3) is 0.303. The van der Waals surface area contributed by atoms with Crippen molar-refractivity contribution in [3.05, 3.63) is 91.8 Å². The van der Waals surface area contributed by atoms with Crippen molar-refractivity contribution in [3.8, 4) is 16.8 Å². The van der Waals surface area contributed by atoms with Gasteiger partial charge >= 0.3 is 6.18 Å². The molecule has 2 amide bonds. The Hall–Kier alpha value is -4.51. The number of thiophene rings is 1. The Morgan fingerprint density at radius 2 is 1.83 bits per heavy atom. The molecule has 0 radical (unpaired) electrons. The zero-order valence-corrected chi connectivity index (χ0v) is 27.3. The number of aryl methyl sites for hydroxylation is 2. The lowest BCUT2D eigenvalue weighted by molar-refractivity contribution is -0.137. The highest BCUT2D eigenvalue weighted by Gasteiger charge is 2.34. The van der Waals surface area contributed by atoms with Gasteiger partial charge in [0.1, 0.15) is 16.9 Å². The predicted octanol–water partition coefficient (Wildman–Crippen LogP) is 6.05. The van der Waals surface area contributed by atoms with Gasteiger partial charge in [0.15, 0.2) is 5.82 Å². The fourth-order valence-corrected chi connectivity index (χ4v) is 6.54. The standard InChI is InChI=1S/C33H31ClF3N7O2S/c1-18-19(2)47-32-29(18)30(21-8-10-23(34)11-9-21)41-26(31-43-42-20(3)44(31)32)17-28(46)39-15-5-7-27(45)40-24-12-13-25(33(35,36)37)22(16-24)6-4-14-38/h8-13,16,26H,5,7,14-15,17,38H2,1-3H3,(H,39,46)(H,40,45)/t26-/m0/s1. The van der Waals surface area contributed by atoms with Crippen molar-refractivity contribution in [1.29, 1.82) is 0 Å². The molecule has 1 aliphatic rings. The van der Waals surface area contributed by atoms with Crippen LogP contribution < -0.4 is 16.4 Å². The molecule has 3 heterocycles. The van der Waals surface area contributed by atoms with Crippen LogP contribution in [0.25, 0.3) is 5.00 Å². The first-order valence-corrected chi connectivity index (χ1v) is 15.9. The summed E-state index contributed by atoms with van der Waals surface area (Å²) < 4.78 is 42.0. The molecule has 0 spiro atoms. The molecule has 4 aromatic rings. The number of rotatable bonds is 8. The third kappa shape index (κ3) is 7.56. The molecule has 9 nitrogen and oxygen atoms in total. The summed E-state index contributed by atoms with van der Waals surface area (Å²) in [5.74, 6) is 5.35. The van der Waals surface area contributed by atoms with Gasteiger partial charge in [0.25, 0.3) is 0 Å². The van der Waals surface area contributed by atoms with E-state index in [9.17, 15) is 22.8 Å². The van der Waals surface area contributed by atoms with Crippen molar-refractivity contribution >= 4 is 46.2 Å². The Morgan fingerprint density at radius 1 is 1.09 bits per heavy atom. The van der Waals surface area contributed by atoms with E-state index in [-0.39, 0.29) is 43.1 Å². The molecule has 5 rings (SSSR count). The van der Waals surface area contributed by atoms with E-state index in [2.05, 4.69) is 39.6 Å². The summed E-state index contributed by atoms with van der Waals surface area (Å²) in [6.07, 6.45) is -4.28.